The fraction of sp³-hybridized carbons (Fsp3) is 0.211. The third-order valence-corrected chi connectivity index (χ3v) is 4.34. The lowest BCUT2D eigenvalue weighted by atomic mass is 9.83. The molecular weight excluding hydrogens is 318 g/mol. The van der Waals surface area contributed by atoms with E-state index in [0.29, 0.717) is 12.0 Å². The summed E-state index contributed by atoms with van der Waals surface area (Å²) in [4.78, 5) is 37.7. The van der Waals surface area contributed by atoms with E-state index in [1.807, 2.05) is 60.7 Å². The highest BCUT2D eigenvalue weighted by molar-refractivity contribution is 6.07. The number of primary amides is 1. The molecule has 1 saturated heterocycles. The van der Waals surface area contributed by atoms with E-state index >= 15 is 0 Å². The molecule has 1 heterocycles. The lowest BCUT2D eigenvalue weighted by molar-refractivity contribution is -0.132. The number of nitrogens with two attached hydrogens (primary N) is 1. The molecular formula is C19H19N3O3. The zero-order chi connectivity index (χ0) is 17.9. The molecule has 0 radical (unpaired) electrons. The van der Waals surface area contributed by atoms with Crippen LogP contribution in [0.2, 0.25) is 0 Å². The van der Waals surface area contributed by atoms with Crippen molar-refractivity contribution in [3.63, 3.8) is 0 Å². The molecule has 0 aromatic heterocycles. The predicted molar refractivity (Wildman–Crippen MR) is 92.3 cm³/mol. The Bertz CT molecular complexity index is 792. The number of amides is 4. The molecule has 3 N–H and O–H groups in total. The zero-order valence-electron chi connectivity index (χ0n) is 13.6. The van der Waals surface area contributed by atoms with E-state index in [9.17, 15) is 14.4 Å². The van der Waals surface area contributed by atoms with Crippen LogP contribution in [0, 0.1) is 0 Å². The minimum absolute atomic E-state index is 0.0244. The van der Waals surface area contributed by atoms with Crippen molar-refractivity contribution in [3.05, 3.63) is 71.8 Å². The zero-order valence-corrected chi connectivity index (χ0v) is 13.6. The van der Waals surface area contributed by atoms with Crippen molar-refractivity contribution in [2.75, 3.05) is 6.54 Å². The summed E-state index contributed by atoms with van der Waals surface area (Å²) in [6, 6.07) is 18.1. The second-order valence-electron chi connectivity index (χ2n) is 6.04. The lowest BCUT2D eigenvalue weighted by Crippen LogP contribution is -2.46. The summed E-state index contributed by atoms with van der Waals surface area (Å²) < 4.78 is 0. The van der Waals surface area contributed by atoms with Gasteiger partial charge in [-0.15, -0.1) is 0 Å². The summed E-state index contributed by atoms with van der Waals surface area (Å²) in [5.74, 6) is -0.922. The molecule has 2 aromatic carbocycles. The van der Waals surface area contributed by atoms with E-state index in [4.69, 9.17) is 5.73 Å². The molecule has 1 aliphatic heterocycles. The van der Waals surface area contributed by atoms with Gasteiger partial charge in [0.05, 0.1) is 0 Å². The van der Waals surface area contributed by atoms with Crippen LogP contribution in [0.15, 0.2) is 60.7 Å². The van der Waals surface area contributed by atoms with Gasteiger partial charge in [0.2, 0.25) is 5.91 Å². The highest BCUT2D eigenvalue weighted by Crippen LogP contribution is 2.33. The number of nitrogens with one attached hydrogen (secondary N) is 1. The van der Waals surface area contributed by atoms with E-state index in [0.717, 1.165) is 10.5 Å². The molecule has 1 atom stereocenters. The first-order valence-electron chi connectivity index (χ1n) is 8.05. The summed E-state index contributed by atoms with van der Waals surface area (Å²) in [5.41, 5.74) is 5.61. The van der Waals surface area contributed by atoms with Gasteiger partial charge in [-0.25, -0.2) is 4.79 Å². The van der Waals surface area contributed by atoms with Gasteiger partial charge in [0.25, 0.3) is 5.91 Å². The topological polar surface area (TPSA) is 92.5 Å². The number of imide groups is 1. The number of rotatable bonds is 6. The first kappa shape index (κ1) is 16.7. The van der Waals surface area contributed by atoms with Crippen LogP contribution < -0.4 is 11.1 Å². The van der Waals surface area contributed by atoms with Crippen molar-refractivity contribution in [2.24, 2.45) is 5.73 Å². The van der Waals surface area contributed by atoms with E-state index in [2.05, 4.69) is 5.32 Å². The van der Waals surface area contributed by atoms with E-state index < -0.39 is 17.5 Å². The van der Waals surface area contributed by atoms with Crippen LogP contribution in [-0.2, 0) is 21.5 Å². The minimum atomic E-state index is -1.18. The van der Waals surface area contributed by atoms with Gasteiger partial charge < -0.3 is 11.1 Å². The third kappa shape index (κ3) is 3.24. The molecule has 128 valence electrons. The SMILES string of the molecule is NC(=O)CCN1C(=O)N[C@](Cc2ccccc2)(c2ccccc2)C1=O. The van der Waals surface area contributed by atoms with Crippen LogP contribution in [0.25, 0.3) is 0 Å². The molecule has 6 heteroatoms. The second-order valence-corrected chi connectivity index (χ2v) is 6.04. The first-order chi connectivity index (χ1) is 12.0. The Labute approximate surface area is 145 Å². The van der Waals surface area contributed by atoms with Crippen LogP contribution in [0.1, 0.15) is 17.5 Å². The monoisotopic (exact) mass is 337 g/mol. The van der Waals surface area contributed by atoms with Gasteiger partial charge in [-0.05, 0) is 11.1 Å². The molecule has 1 fully saturated rings. The number of benzene rings is 2. The molecule has 3 rings (SSSR count). The van der Waals surface area contributed by atoms with Crippen molar-refractivity contribution in [1.82, 2.24) is 10.2 Å². The van der Waals surface area contributed by atoms with Crippen LogP contribution in [0.4, 0.5) is 4.79 Å². The van der Waals surface area contributed by atoms with Crippen molar-refractivity contribution >= 4 is 17.8 Å². The highest BCUT2D eigenvalue weighted by Gasteiger charge is 2.52. The van der Waals surface area contributed by atoms with Gasteiger partial charge in [0.1, 0.15) is 0 Å². The number of hydrogen-bond acceptors (Lipinski definition) is 3. The maximum absolute atomic E-state index is 13.1. The number of nitrogens with zero attached hydrogens (tertiary/aromatic N) is 1. The van der Waals surface area contributed by atoms with E-state index in [1.54, 1.807) is 0 Å². The largest absolute Gasteiger partial charge is 0.370 e. The molecule has 0 saturated carbocycles. The molecule has 4 amide bonds. The molecule has 0 bridgehead atoms. The van der Waals surface area contributed by atoms with Crippen molar-refractivity contribution < 1.29 is 14.4 Å². The Morgan fingerprint density at radius 1 is 1.00 bits per heavy atom. The Kier molecular flexibility index (Phi) is 4.52. The summed E-state index contributed by atoms with van der Waals surface area (Å²) in [6.07, 6.45) is 0.269. The average molecular weight is 337 g/mol. The van der Waals surface area contributed by atoms with Crippen molar-refractivity contribution in [1.29, 1.82) is 0 Å². The van der Waals surface area contributed by atoms with Gasteiger partial charge in [-0.2, -0.15) is 0 Å². The predicted octanol–water partition coefficient (Wildman–Crippen LogP) is 1.55. The molecule has 0 unspecified atom stereocenters. The van der Waals surface area contributed by atoms with Gasteiger partial charge in [0.15, 0.2) is 5.54 Å². The van der Waals surface area contributed by atoms with Gasteiger partial charge in [0, 0.05) is 19.4 Å². The average Bonchev–Trinajstić information content (AvgIpc) is 2.85. The van der Waals surface area contributed by atoms with Gasteiger partial charge in [-0.1, -0.05) is 60.7 Å². The van der Waals surface area contributed by atoms with Crippen LogP contribution in [-0.4, -0.2) is 29.3 Å². The third-order valence-electron chi connectivity index (χ3n) is 4.34. The molecule has 6 nitrogen and oxygen atoms in total. The standard InChI is InChI=1S/C19H19N3O3/c20-16(23)11-12-22-17(24)19(21-18(22)25,15-9-5-2-6-10-15)13-14-7-3-1-4-8-14/h1-10H,11-13H2,(H2,20,23)(H,21,25)/t19-/m1/s1. The van der Waals surface area contributed by atoms with Crippen molar-refractivity contribution in [3.8, 4) is 0 Å². The van der Waals surface area contributed by atoms with Gasteiger partial charge in [-0.3, -0.25) is 14.5 Å². The van der Waals surface area contributed by atoms with Crippen LogP contribution >= 0.6 is 0 Å². The Morgan fingerprint density at radius 3 is 2.20 bits per heavy atom. The Balaban J connectivity index is 1.99. The summed E-state index contributed by atoms with van der Waals surface area (Å²) in [5, 5.41) is 2.84. The molecule has 1 aliphatic rings. The number of hydrogen-bond donors (Lipinski definition) is 2. The van der Waals surface area contributed by atoms with Crippen molar-refractivity contribution in [2.45, 2.75) is 18.4 Å². The minimum Gasteiger partial charge on any atom is -0.370 e. The van der Waals surface area contributed by atoms with E-state index in [1.165, 1.54) is 0 Å². The molecule has 0 aliphatic carbocycles. The Hall–Kier alpha value is -3.15. The van der Waals surface area contributed by atoms with Crippen LogP contribution in [0.3, 0.4) is 0 Å². The van der Waals surface area contributed by atoms with Gasteiger partial charge >= 0.3 is 6.03 Å². The second kappa shape index (κ2) is 6.76. The molecule has 0 spiro atoms. The maximum atomic E-state index is 13.1. The van der Waals surface area contributed by atoms with Crippen LogP contribution in [0.5, 0.6) is 0 Å². The fourth-order valence-corrected chi connectivity index (χ4v) is 3.09. The molecule has 2 aromatic rings. The normalized spacial score (nSPS) is 19.8. The first-order valence-corrected chi connectivity index (χ1v) is 8.05. The Morgan fingerprint density at radius 2 is 1.60 bits per heavy atom. The summed E-state index contributed by atoms with van der Waals surface area (Å²) >= 11 is 0. The summed E-state index contributed by atoms with van der Waals surface area (Å²) in [6.45, 7) is -0.0244. The maximum Gasteiger partial charge on any atom is 0.325 e. The summed E-state index contributed by atoms with van der Waals surface area (Å²) in [7, 11) is 0. The number of carbonyl (C=O) groups excluding carboxylic acids is 3. The quantitative estimate of drug-likeness (QED) is 0.783. The number of carbonyl (C=O) groups is 3. The molecule has 25 heavy (non-hydrogen) atoms. The number of urea groups is 1. The smallest absolute Gasteiger partial charge is 0.325 e. The lowest BCUT2D eigenvalue weighted by Gasteiger charge is -2.27. The fourth-order valence-electron chi connectivity index (χ4n) is 3.09. The van der Waals surface area contributed by atoms with E-state index in [-0.39, 0.29) is 18.9 Å². The highest BCUT2D eigenvalue weighted by atomic mass is 16.2.